The number of unbranched alkanes of at least 4 members (excludes halogenated alkanes) is 3. The van der Waals surface area contributed by atoms with Gasteiger partial charge in [0.25, 0.3) is 0 Å². The first-order valence-electron chi connectivity index (χ1n) is 5.88. The van der Waals surface area contributed by atoms with Gasteiger partial charge in [0.15, 0.2) is 0 Å². The summed E-state index contributed by atoms with van der Waals surface area (Å²) in [5.41, 5.74) is 0.213. The number of hydrogen-bond donors (Lipinski definition) is 1. The van der Waals surface area contributed by atoms with E-state index < -0.39 is 0 Å². The number of amides is 1. The molecule has 1 rings (SSSR count). The largest absolute Gasteiger partial charge is 0.353 e. The maximum atomic E-state index is 11.2. The number of carbonyl (C=O) groups is 1. The second kappa shape index (κ2) is 4.81. The Bertz CT molecular complexity index is 202. The van der Waals surface area contributed by atoms with Crippen LogP contribution in [-0.4, -0.2) is 11.9 Å². The molecule has 82 valence electrons. The number of rotatable bonds is 5. The van der Waals surface area contributed by atoms with Crippen LogP contribution < -0.4 is 5.32 Å². The van der Waals surface area contributed by atoms with Crippen LogP contribution in [0.3, 0.4) is 0 Å². The van der Waals surface area contributed by atoms with E-state index in [1.165, 1.54) is 32.1 Å². The van der Waals surface area contributed by atoms with Gasteiger partial charge in [0.2, 0.25) is 5.91 Å². The summed E-state index contributed by atoms with van der Waals surface area (Å²) in [6.07, 6.45) is 7.10. The SMILES string of the molecule is CCCCCCC1(C)CC(=O)NC1C. The molecule has 14 heavy (non-hydrogen) atoms. The Hall–Kier alpha value is -0.530. The molecule has 1 fully saturated rings. The zero-order chi connectivity index (χ0) is 10.6. The van der Waals surface area contributed by atoms with Gasteiger partial charge in [0.1, 0.15) is 0 Å². The third-order valence-electron chi connectivity index (χ3n) is 3.59. The molecule has 1 amide bonds. The lowest BCUT2D eigenvalue weighted by Gasteiger charge is -2.27. The number of nitrogens with one attached hydrogen (secondary N) is 1. The van der Waals surface area contributed by atoms with Crippen molar-refractivity contribution in [1.29, 1.82) is 0 Å². The van der Waals surface area contributed by atoms with Crippen molar-refractivity contribution in [2.45, 2.75) is 65.3 Å². The van der Waals surface area contributed by atoms with Gasteiger partial charge in [-0.3, -0.25) is 4.79 Å². The maximum absolute atomic E-state index is 11.2. The Balaban J connectivity index is 2.31. The molecule has 2 atom stereocenters. The van der Waals surface area contributed by atoms with E-state index in [0.717, 1.165) is 6.42 Å². The molecule has 2 heteroatoms. The molecule has 1 heterocycles. The molecule has 1 N–H and O–H groups in total. The number of carbonyl (C=O) groups excluding carboxylic acids is 1. The van der Waals surface area contributed by atoms with E-state index in [-0.39, 0.29) is 11.3 Å². The maximum Gasteiger partial charge on any atom is 0.220 e. The van der Waals surface area contributed by atoms with E-state index in [0.29, 0.717) is 6.04 Å². The van der Waals surface area contributed by atoms with Gasteiger partial charge < -0.3 is 5.32 Å². The molecular formula is C12H23NO. The van der Waals surface area contributed by atoms with Gasteiger partial charge in [-0.05, 0) is 18.8 Å². The molecule has 0 radical (unpaired) electrons. The van der Waals surface area contributed by atoms with Crippen molar-refractivity contribution in [2.24, 2.45) is 5.41 Å². The van der Waals surface area contributed by atoms with Crippen molar-refractivity contribution in [3.63, 3.8) is 0 Å². The minimum absolute atomic E-state index is 0.213. The predicted octanol–water partition coefficient (Wildman–Crippen LogP) is 2.87. The lowest BCUT2D eigenvalue weighted by molar-refractivity contribution is -0.119. The highest BCUT2D eigenvalue weighted by atomic mass is 16.2. The predicted molar refractivity (Wildman–Crippen MR) is 59.1 cm³/mol. The van der Waals surface area contributed by atoms with Crippen LogP contribution in [0.4, 0.5) is 0 Å². The van der Waals surface area contributed by atoms with Crippen molar-refractivity contribution >= 4 is 5.91 Å². The molecule has 0 aromatic carbocycles. The zero-order valence-electron chi connectivity index (χ0n) is 9.73. The highest BCUT2D eigenvalue weighted by Crippen LogP contribution is 2.36. The van der Waals surface area contributed by atoms with E-state index in [4.69, 9.17) is 0 Å². The lowest BCUT2D eigenvalue weighted by Crippen LogP contribution is -2.32. The van der Waals surface area contributed by atoms with Crippen LogP contribution in [0.1, 0.15) is 59.3 Å². The zero-order valence-corrected chi connectivity index (χ0v) is 9.73. The quantitative estimate of drug-likeness (QED) is 0.675. The highest BCUT2D eigenvalue weighted by molar-refractivity contribution is 5.79. The van der Waals surface area contributed by atoms with Crippen molar-refractivity contribution in [2.75, 3.05) is 0 Å². The van der Waals surface area contributed by atoms with Gasteiger partial charge in [-0.2, -0.15) is 0 Å². The molecule has 0 saturated carbocycles. The summed E-state index contributed by atoms with van der Waals surface area (Å²) >= 11 is 0. The van der Waals surface area contributed by atoms with Crippen LogP contribution in [0.15, 0.2) is 0 Å². The van der Waals surface area contributed by atoms with Crippen LogP contribution in [0.5, 0.6) is 0 Å². The van der Waals surface area contributed by atoms with Crippen LogP contribution in [0.25, 0.3) is 0 Å². The standard InChI is InChI=1S/C12H23NO/c1-4-5-6-7-8-12(3)9-11(14)13-10(12)2/h10H,4-9H2,1-3H3,(H,13,14). The van der Waals surface area contributed by atoms with Gasteiger partial charge in [-0.15, -0.1) is 0 Å². The van der Waals surface area contributed by atoms with E-state index in [2.05, 4.69) is 26.1 Å². The molecule has 0 bridgehead atoms. The smallest absolute Gasteiger partial charge is 0.220 e. The van der Waals surface area contributed by atoms with E-state index >= 15 is 0 Å². The average Bonchev–Trinajstić information content (AvgIpc) is 2.36. The van der Waals surface area contributed by atoms with Gasteiger partial charge in [0, 0.05) is 12.5 Å². The lowest BCUT2D eigenvalue weighted by atomic mass is 9.78. The summed E-state index contributed by atoms with van der Waals surface area (Å²) in [7, 11) is 0. The third-order valence-corrected chi connectivity index (χ3v) is 3.59. The summed E-state index contributed by atoms with van der Waals surface area (Å²) in [6.45, 7) is 6.59. The Morgan fingerprint density at radius 3 is 2.64 bits per heavy atom. The minimum atomic E-state index is 0.213. The topological polar surface area (TPSA) is 29.1 Å². The monoisotopic (exact) mass is 197 g/mol. The first kappa shape index (κ1) is 11.5. The first-order chi connectivity index (χ1) is 6.58. The molecule has 1 saturated heterocycles. The molecule has 1 aliphatic heterocycles. The van der Waals surface area contributed by atoms with Gasteiger partial charge in [-0.25, -0.2) is 0 Å². The van der Waals surface area contributed by atoms with Gasteiger partial charge in [0.05, 0.1) is 0 Å². The Morgan fingerprint density at radius 1 is 1.43 bits per heavy atom. The molecule has 1 aliphatic rings. The fourth-order valence-electron chi connectivity index (χ4n) is 2.25. The average molecular weight is 197 g/mol. The van der Waals surface area contributed by atoms with E-state index in [1.807, 2.05) is 0 Å². The van der Waals surface area contributed by atoms with Crippen LogP contribution >= 0.6 is 0 Å². The fraction of sp³-hybridized carbons (Fsp3) is 0.917. The van der Waals surface area contributed by atoms with Crippen LogP contribution in [0, 0.1) is 5.41 Å². The van der Waals surface area contributed by atoms with Gasteiger partial charge >= 0.3 is 0 Å². The van der Waals surface area contributed by atoms with Crippen LogP contribution in [-0.2, 0) is 4.79 Å². The van der Waals surface area contributed by atoms with E-state index in [9.17, 15) is 4.79 Å². The molecule has 2 nitrogen and oxygen atoms in total. The third kappa shape index (κ3) is 2.73. The summed E-state index contributed by atoms with van der Waals surface area (Å²) in [5.74, 6) is 0.232. The summed E-state index contributed by atoms with van der Waals surface area (Å²) in [5, 5.41) is 3.01. The van der Waals surface area contributed by atoms with E-state index in [1.54, 1.807) is 0 Å². The van der Waals surface area contributed by atoms with Gasteiger partial charge in [-0.1, -0.05) is 39.5 Å². The molecular weight excluding hydrogens is 174 g/mol. The van der Waals surface area contributed by atoms with Crippen molar-refractivity contribution in [3.05, 3.63) is 0 Å². The Kier molecular flexibility index (Phi) is 3.97. The fourth-order valence-corrected chi connectivity index (χ4v) is 2.25. The molecule has 0 aromatic rings. The minimum Gasteiger partial charge on any atom is -0.353 e. The highest BCUT2D eigenvalue weighted by Gasteiger charge is 2.39. The number of hydrogen-bond acceptors (Lipinski definition) is 1. The van der Waals surface area contributed by atoms with Crippen molar-refractivity contribution < 1.29 is 4.79 Å². The van der Waals surface area contributed by atoms with Crippen molar-refractivity contribution in [1.82, 2.24) is 5.32 Å². The van der Waals surface area contributed by atoms with Crippen LogP contribution in [0.2, 0.25) is 0 Å². The summed E-state index contributed by atoms with van der Waals surface area (Å²) in [4.78, 5) is 11.2. The Morgan fingerprint density at radius 2 is 2.14 bits per heavy atom. The molecule has 0 aromatic heterocycles. The normalized spacial score (nSPS) is 31.9. The Labute approximate surface area is 87.5 Å². The van der Waals surface area contributed by atoms with Crippen molar-refractivity contribution in [3.8, 4) is 0 Å². The first-order valence-corrected chi connectivity index (χ1v) is 5.88. The summed E-state index contributed by atoms with van der Waals surface area (Å²) in [6, 6.07) is 0.358. The second-order valence-electron chi connectivity index (χ2n) is 4.93. The molecule has 0 spiro atoms. The second-order valence-corrected chi connectivity index (χ2v) is 4.93. The summed E-state index contributed by atoms with van der Waals surface area (Å²) < 4.78 is 0. The molecule has 2 unspecified atom stereocenters. The molecule has 0 aliphatic carbocycles.